The topological polar surface area (TPSA) is 37.8 Å². The lowest BCUT2D eigenvalue weighted by atomic mass is 10.3. The van der Waals surface area contributed by atoms with Gasteiger partial charge in [0.05, 0.1) is 5.69 Å². The molecule has 1 heterocycles. The highest BCUT2D eigenvalue weighted by atomic mass is 19.1. The first-order valence-electron chi connectivity index (χ1n) is 4.44. The summed E-state index contributed by atoms with van der Waals surface area (Å²) >= 11 is 0. The van der Waals surface area contributed by atoms with Gasteiger partial charge in [-0.15, -0.1) is 0 Å². The van der Waals surface area contributed by atoms with Crippen LogP contribution in [-0.2, 0) is 0 Å². The largest absolute Gasteiger partial charge is 0.371 e. The van der Waals surface area contributed by atoms with Crippen LogP contribution in [-0.4, -0.2) is 17.0 Å². The van der Waals surface area contributed by atoms with Crippen molar-refractivity contribution in [1.29, 1.82) is 0 Å². The number of anilines is 1. The van der Waals surface area contributed by atoms with Crippen LogP contribution in [0.3, 0.4) is 0 Å². The average molecular weight is 181 g/mol. The Morgan fingerprint density at radius 3 is 2.62 bits per heavy atom. The van der Waals surface area contributed by atoms with Crippen molar-refractivity contribution in [1.82, 2.24) is 9.97 Å². The molecule has 2 rings (SSSR count). The zero-order valence-corrected chi connectivity index (χ0v) is 7.76. The second kappa shape index (κ2) is 2.94. The lowest BCUT2D eigenvalue weighted by Crippen LogP contribution is -2.05. The Labute approximate surface area is 76.4 Å². The van der Waals surface area contributed by atoms with E-state index in [0.29, 0.717) is 17.4 Å². The van der Waals surface area contributed by atoms with Gasteiger partial charge >= 0.3 is 0 Å². The van der Waals surface area contributed by atoms with Gasteiger partial charge in [0.2, 0.25) is 0 Å². The fourth-order valence-corrected chi connectivity index (χ4v) is 1.27. The number of aryl methyl sites for hydroxylation is 1. The number of hydrogen-bond donors (Lipinski definition) is 1. The van der Waals surface area contributed by atoms with Gasteiger partial charge in [-0.2, -0.15) is 0 Å². The molecule has 70 valence electrons. The van der Waals surface area contributed by atoms with Crippen LogP contribution in [0.5, 0.6) is 0 Å². The summed E-state index contributed by atoms with van der Waals surface area (Å²) in [6.45, 7) is 1.67. The van der Waals surface area contributed by atoms with Crippen molar-refractivity contribution in [2.24, 2.45) is 0 Å². The van der Waals surface area contributed by atoms with Gasteiger partial charge in [-0.1, -0.05) is 0 Å². The minimum Gasteiger partial charge on any atom is -0.371 e. The zero-order chi connectivity index (χ0) is 9.42. The van der Waals surface area contributed by atoms with E-state index < -0.39 is 0 Å². The highest BCUT2D eigenvalue weighted by Gasteiger charge is 2.27. The second-order valence-electron chi connectivity index (χ2n) is 3.35. The van der Waals surface area contributed by atoms with E-state index >= 15 is 0 Å². The van der Waals surface area contributed by atoms with Crippen molar-refractivity contribution in [3.8, 4) is 0 Å². The zero-order valence-electron chi connectivity index (χ0n) is 7.76. The fraction of sp³-hybridized carbons (Fsp3) is 0.556. The molecule has 0 unspecified atom stereocenters. The Morgan fingerprint density at radius 2 is 2.08 bits per heavy atom. The summed E-state index contributed by atoms with van der Waals surface area (Å²) in [6.07, 6.45) is 2.27. The lowest BCUT2D eigenvalue weighted by Gasteiger charge is -2.05. The smallest absolute Gasteiger partial charge is 0.186 e. The summed E-state index contributed by atoms with van der Waals surface area (Å²) in [7, 11) is 1.67. The second-order valence-corrected chi connectivity index (χ2v) is 3.35. The van der Waals surface area contributed by atoms with E-state index in [2.05, 4.69) is 15.3 Å². The summed E-state index contributed by atoms with van der Waals surface area (Å²) in [5, 5.41) is 2.73. The molecular formula is C9H12FN3. The van der Waals surface area contributed by atoms with Gasteiger partial charge in [-0.25, -0.2) is 14.4 Å². The van der Waals surface area contributed by atoms with Crippen LogP contribution >= 0.6 is 0 Å². The lowest BCUT2D eigenvalue weighted by molar-refractivity contribution is 0.601. The van der Waals surface area contributed by atoms with Crippen LogP contribution in [0, 0.1) is 12.7 Å². The summed E-state index contributed by atoms with van der Waals surface area (Å²) in [6, 6.07) is 0. The molecule has 0 bridgehead atoms. The maximum atomic E-state index is 13.3. The van der Waals surface area contributed by atoms with E-state index in [4.69, 9.17) is 0 Å². The predicted octanol–water partition coefficient (Wildman–Crippen LogP) is 1.84. The molecule has 1 aromatic heterocycles. The van der Waals surface area contributed by atoms with Crippen molar-refractivity contribution in [3.05, 3.63) is 17.3 Å². The van der Waals surface area contributed by atoms with Crippen molar-refractivity contribution in [3.63, 3.8) is 0 Å². The molecule has 4 heteroatoms. The van der Waals surface area contributed by atoms with E-state index in [1.54, 1.807) is 14.0 Å². The Kier molecular flexibility index (Phi) is 1.90. The summed E-state index contributed by atoms with van der Waals surface area (Å²) in [5.41, 5.74) is 0.432. The first kappa shape index (κ1) is 8.41. The molecule has 1 N–H and O–H groups in total. The number of nitrogens with zero attached hydrogens (tertiary/aromatic N) is 2. The first-order chi connectivity index (χ1) is 6.22. The molecule has 3 nitrogen and oxygen atoms in total. The first-order valence-corrected chi connectivity index (χ1v) is 4.44. The molecule has 0 radical (unpaired) electrons. The molecule has 1 fully saturated rings. The highest BCUT2D eigenvalue weighted by Crippen LogP contribution is 2.38. The van der Waals surface area contributed by atoms with Crippen molar-refractivity contribution in [2.45, 2.75) is 25.7 Å². The Hall–Kier alpha value is -1.19. The van der Waals surface area contributed by atoms with Crippen molar-refractivity contribution >= 4 is 5.82 Å². The SMILES string of the molecule is CNc1nc(C2CC2)nc(C)c1F. The molecule has 1 aliphatic rings. The van der Waals surface area contributed by atoms with E-state index in [1.165, 1.54) is 0 Å². The number of aromatic nitrogens is 2. The third-order valence-corrected chi connectivity index (χ3v) is 2.21. The summed E-state index contributed by atoms with van der Waals surface area (Å²) < 4.78 is 13.3. The van der Waals surface area contributed by atoms with Gasteiger partial charge in [-0.3, -0.25) is 0 Å². The fourth-order valence-electron chi connectivity index (χ4n) is 1.27. The maximum absolute atomic E-state index is 13.3. The highest BCUT2D eigenvalue weighted by molar-refractivity contribution is 5.38. The van der Waals surface area contributed by atoms with Gasteiger partial charge in [0, 0.05) is 13.0 Å². The molecule has 0 aliphatic heterocycles. The molecule has 0 saturated heterocycles. The van der Waals surface area contributed by atoms with Crippen LogP contribution in [0.4, 0.5) is 10.2 Å². The van der Waals surface area contributed by atoms with Gasteiger partial charge in [0.1, 0.15) is 5.82 Å². The maximum Gasteiger partial charge on any atom is 0.186 e. The third kappa shape index (κ3) is 1.48. The number of nitrogens with one attached hydrogen (secondary N) is 1. The molecule has 13 heavy (non-hydrogen) atoms. The van der Waals surface area contributed by atoms with Crippen LogP contribution in [0.15, 0.2) is 0 Å². The van der Waals surface area contributed by atoms with E-state index in [0.717, 1.165) is 18.7 Å². The monoisotopic (exact) mass is 181 g/mol. The minimum absolute atomic E-state index is 0.314. The third-order valence-electron chi connectivity index (χ3n) is 2.21. The molecule has 1 saturated carbocycles. The van der Waals surface area contributed by atoms with E-state index in [1.807, 2.05) is 0 Å². The normalized spacial score (nSPS) is 15.9. The molecule has 0 atom stereocenters. The van der Waals surface area contributed by atoms with Gasteiger partial charge in [-0.05, 0) is 19.8 Å². The van der Waals surface area contributed by atoms with Crippen molar-refractivity contribution < 1.29 is 4.39 Å². The van der Waals surface area contributed by atoms with Gasteiger partial charge < -0.3 is 5.32 Å². The molecule has 0 amide bonds. The van der Waals surface area contributed by atoms with Crippen LogP contribution in [0.25, 0.3) is 0 Å². The van der Waals surface area contributed by atoms with Crippen LogP contribution < -0.4 is 5.32 Å². The minimum atomic E-state index is -0.341. The van der Waals surface area contributed by atoms with Crippen LogP contribution in [0.2, 0.25) is 0 Å². The Balaban J connectivity index is 2.43. The van der Waals surface area contributed by atoms with E-state index in [-0.39, 0.29) is 5.82 Å². The molecule has 0 spiro atoms. The average Bonchev–Trinajstić information content (AvgIpc) is 2.92. The predicted molar refractivity (Wildman–Crippen MR) is 48.2 cm³/mol. The Bertz CT molecular complexity index is 334. The molecule has 1 aliphatic carbocycles. The standard InChI is InChI=1S/C9H12FN3/c1-5-7(10)9(11-2)13-8(12-5)6-3-4-6/h6H,3-4H2,1-2H3,(H,11,12,13). The van der Waals surface area contributed by atoms with Crippen molar-refractivity contribution in [2.75, 3.05) is 12.4 Å². The summed E-state index contributed by atoms with van der Waals surface area (Å²) in [4.78, 5) is 8.23. The van der Waals surface area contributed by atoms with Gasteiger partial charge in [0.15, 0.2) is 11.6 Å². The molecule has 1 aromatic rings. The number of rotatable bonds is 2. The number of halogens is 1. The van der Waals surface area contributed by atoms with E-state index in [9.17, 15) is 4.39 Å². The molecule has 0 aromatic carbocycles. The molecular weight excluding hydrogens is 169 g/mol. The van der Waals surface area contributed by atoms with Gasteiger partial charge in [0.25, 0.3) is 0 Å². The Morgan fingerprint density at radius 1 is 1.38 bits per heavy atom. The number of hydrogen-bond acceptors (Lipinski definition) is 3. The summed E-state index contributed by atoms with van der Waals surface area (Å²) in [5.74, 6) is 1.22. The quantitative estimate of drug-likeness (QED) is 0.756. The van der Waals surface area contributed by atoms with Crippen LogP contribution in [0.1, 0.15) is 30.3 Å².